The predicted octanol–water partition coefficient (Wildman–Crippen LogP) is 2.82. The highest BCUT2D eigenvalue weighted by Gasteiger charge is 2.29. The molecule has 0 amide bonds. The summed E-state index contributed by atoms with van der Waals surface area (Å²) in [7, 11) is 0. The Morgan fingerprint density at radius 2 is 2.00 bits per heavy atom. The lowest BCUT2D eigenvalue weighted by Crippen LogP contribution is -2.32. The fourth-order valence-corrected chi connectivity index (χ4v) is 2.47. The largest absolute Gasteiger partial charge is 0.483 e. The van der Waals surface area contributed by atoms with Gasteiger partial charge >= 0.3 is 0 Å². The van der Waals surface area contributed by atoms with Crippen molar-refractivity contribution < 1.29 is 9.66 Å². The van der Waals surface area contributed by atoms with Gasteiger partial charge in [-0.3, -0.25) is 19.5 Å². The molecule has 0 unspecified atom stereocenters. The van der Waals surface area contributed by atoms with Crippen molar-refractivity contribution in [1.29, 1.82) is 0 Å². The van der Waals surface area contributed by atoms with Gasteiger partial charge in [0, 0.05) is 30.0 Å². The van der Waals surface area contributed by atoms with Crippen LogP contribution in [0.2, 0.25) is 0 Å². The molecular formula is C16H14N2O4. The topological polar surface area (TPSA) is 74.4 Å². The van der Waals surface area contributed by atoms with Gasteiger partial charge < -0.3 is 4.74 Å². The van der Waals surface area contributed by atoms with Gasteiger partial charge in [0.1, 0.15) is 11.4 Å². The summed E-state index contributed by atoms with van der Waals surface area (Å²) in [6.45, 7) is 3.73. The molecule has 1 aromatic carbocycles. The van der Waals surface area contributed by atoms with Crippen molar-refractivity contribution in [3.8, 4) is 5.75 Å². The molecule has 2 aromatic rings. The third kappa shape index (κ3) is 2.39. The summed E-state index contributed by atoms with van der Waals surface area (Å²) >= 11 is 0. The molecule has 0 saturated carbocycles. The first-order chi connectivity index (χ1) is 10.4. The molecule has 0 bridgehead atoms. The van der Waals surface area contributed by atoms with Crippen molar-refractivity contribution >= 4 is 11.4 Å². The van der Waals surface area contributed by atoms with Crippen LogP contribution in [-0.2, 0) is 0 Å². The minimum Gasteiger partial charge on any atom is -0.483 e. The number of nitro benzene ring substituents is 1. The first-order valence-corrected chi connectivity index (χ1v) is 6.76. The van der Waals surface area contributed by atoms with Crippen molar-refractivity contribution in [2.24, 2.45) is 0 Å². The fraction of sp³-hybridized carbons (Fsp3) is 0.188. The average Bonchev–Trinajstić information content (AvgIpc) is 2.45. The molecule has 0 saturated heterocycles. The molecule has 22 heavy (non-hydrogen) atoms. The van der Waals surface area contributed by atoms with Gasteiger partial charge in [-0.2, -0.15) is 0 Å². The second-order valence-corrected chi connectivity index (χ2v) is 5.58. The highest BCUT2D eigenvalue weighted by atomic mass is 16.6. The quantitative estimate of drug-likeness (QED) is 0.631. The lowest BCUT2D eigenvalue weighted by atomic mass is 9.98. The maximum absolute atomic E-state index is 12.1. The number of ether oxygens (including phenoxy) is 1. The SMILES string of the molecule is CC1(C)C=C(n2ccccc2=O)c2cc([N+](=O)[O-])ccc2O1. The molecule has 1 aromatic heterocycles. The molecule has 0 fully saturated rings. The van der Waals surface area contributed by atoms with Gasteiger partial charge in [0.25, 0.3) is 11.2 Å². The number of hydrogen-bond acceptors (Lipinski definition) is 4. The maximum Gasteiger partial charge on any atom is 0.270 e. The molecular weight excluding hydrogens is 284 g/mol. The minimum atomic E-state index is -0.617. The van der Waals surface area contributed by atoms with E-state index in [1.54, 1.807) is 30.5 Å². The standard InChI is InChI=1S/C16H14N2O4/c1-16(2)10-13(17-8-4-3-5-15(17)19)12-9-11(18(20)21)6-7-14(12)22-16/h3-10H,1-2H3. The Hall–Kier alpha value is -2.89. The molecule has 2 heterocycles. The Balaban J connectivity index is 2.27. The van der Waals surface area contributed by atoms with Crippen molar-refractivity contribution in [3.05, 3.63) is 74.7 Å². The molecule has 0 spiro atoms. The highest BCUT2D eigenvalue weighted by Crippen LogP contribution is 2.38. The van der Waals surface area contributed by atoms with Gasteiger partial charge in [-0.25, -0.2) is 0 Å². The second-order valence-electron chi connectivity index (χ2n) is 5.58. The lowest BCUT2D eigenvalue weighted by Gasteiger charge is -2.31. The average molecular weight is 298 g/mol. The van der Waals surface area contributed by atoms with Crippen LogP contribution in [0.5, 0.6) is 5.75 Å². The second kappa shape index (κ2) is 4.84. The van der Waals surface area contributed by atoms with Crippen LogP contribution in [0.25, 0.3) is 5.70 Å². The number of nitro groups is 1. The van der Waals surface area contributed by atoms with Crippen molar-refractivity contribution in [2.45, 2.75) is 19.4 Å². The monoisotopic (exact) mass is 298 g/mol. The number of aromatic nitrogens is 1. The zero-order valence-electron chi connectivity index (χ0n) is 12.1. The molecule has 0 N–H and O–H groups in total. The smallest absolute Gasteiger partial charge is 0.270 e. The summed E-state index contributed by atoms with van der Waals surface area (Å²) in [6, 6.07) is 9.22. The van der Waals surface area contributed by atoms with E-state index in [-0.39, 0.29) is 11.2 Å². The molecule has 0 atom stereocenters. The molecule has 6 heteroatoms. The van der Waals surface area contributed by atoms with Gasteiger partial charge in [-0.1, -0.05) is 6.07 Å². The molecule has 112 valence electrons. The van der Waals surface area contributed by atoms with E-state index in [9.17, 15) is 14.9 Å². The van der Waals surface area contributed by atoms with Crippen LogP contribution in [-0.4, -0.2) is 15.1 Å². The lowest BCUT2D eigenvalue weighted by molar-refractivity contribution is -0.384. The van der Waals surface area contributed by atoms with Crippen LogP contribution in [0.4, 0.5) is 5.69 Å². The number of hydrogen-bond donors (Lipinski definition) is 0. The van der Waals surface area contributed by atoms with E-state index in [2.05, 4.69) is 0 Å². The zero-order chi connectivity index (χ0) is 15.9. The van der Waals surface area contributed by atoms with Crippen LogP contribution < -0.4 is 10.3 Å². The summed E-state index contributed by atoms with van der Waals surface area (Å²) in [5.74, 6) is 0.517. The summed E-state index contributed by atoms with van der Waals surface area (Å²) in [6.07, 6.45) is 3.43. The Kier molecular flexibility index (Phi) is 3.09. The Morgan fingerprint density at radius 3 is 2.68 bits per heavy atom. The van der Waals surface area contributed by atoms with Crippen LogP contribution >= 0.6 is 0 Å². The molecule has 0 aliphatic carbocycles. The van der Waals surface area contributed by atoms with Gasteiger partial charge in [-0.15, -0.1) is 0 Å². The van der Waals surface area contributed by atoms with E-state index in [1.165, 1.54) is 22.8 Å². The first-order valence-electron chi connectivity index (χ1n) is 6.76. The molecule has 6 nitrogen and oxygen atoms in total. The number of fused-ring (bicyclic) bond motifs is 1. The summed E-state index contributed by atoms with van der Waals surface area (Å²) in [4.78, 5) is 22.6. The maximum atomic E-state index is 12.1. The normalized spacial score (nSPS) is 15.5. The zero-order valence-corrected chi connectivity index (χ0v) is 12.1. The number of rotatable bonds is 2. The Morgan fingerprint density at radius 1 is 1.23 bits per heavy atom. The van der Waals surface area contributed by atoms with Crippen molar-refractivity contribution in [1.82, 2.24) is 4.57 Å². The van der Waals surface area contributed by atoms with Crippen molar-refractivity contribution in [2.75, 3.05) is 0 Å². The summed E-state index contributed by atoms with van der Waals surface area (Å²) < 4.78 is 7.30. The number of benzene rings is 1. The summed E-state index contributed by atoms with van der Waals surface area (Å²) in [5, 5.41) is 11.0. The number of pyridine rings is 1. The highest BCUT2D eigenvalue weighted by molar-refractivity contribution is 5.75. The van der Waals surface area contributed by atoms with Gasteiger partial charge in [0.15, 0.2) is 0 Å². The Bertz CT molecular complexity index is 849. The van der Waals surface area contributed by atoms with Crippen molar-refractivity contribution in [3.63, 3.8) is 0 Å². The van der Waals surface area contributed by atoms with Crippen LogP contribution in [0.3, 0.4) is 0 Å². The number of non-ortho nitro benzene ring substituents is 1. The van der Waals surface area contributed by atoms with Gasteiger partial charge in [0.2, 0.25) is 0 Å². The van der Waals surface area contributed by atoms with Crippen LogP contribution in [0, 0.1) is 10.1 Å². The predicted molar refractivity (Wildman–Crippen MR) is 81.9 cm³/mol. The van der Waals surface area contributed by atoms with Gasteiger partial charge in [0.05, 0.1) is 10.6 Å². The van der Waals surface area contributed by atoms with Crippen LogP contribution in [0.15, 0.2) is 53.5 Å². The van der Waals surface area contributed by atoms with E-state index in [4.69, 9.17) is 4.74 Å². The third-order valence-electron chi connectivity index (χ3n) is 3.39. The number of nitrogens with zero attached hydrogens (tertiary/aromatic N) is 2. The van der Waals surface area contributed by atoms with E-state index in [0.717, 1.165) is 0 Å². The van der Waals surface area contributed by atoms with Gasteiger partial charge in [-0.05, 0) is 32.1 Å². The molecule has 0 radical (unpaired) electrons. The fourth-order valence-electron chi connectivity index (χ4n) is 2.47. The van der Waals surface area contributed by atoms with E-state index in [0.29, 0.717) is 17.0 Å². The summed E-state index contributed by atoms with van der Waals surface area (Å²) in [5.41, 5.74) is 0.247. The Labute approximate surface area is 126 Å². The van der Waals surface area contributed by atoms with E-state index < -0.39 is 10.5 Å². The molecule has 3 rings (SSSR count). The van der Waals surface area contributed by atoms with E-state index in [1.807, 2.05) is 13.8 Å². The molecule has 1 aliphatic rings. The van der Waals surface area contributed by atoms with E-state index >= 15 is 0 Å². The van der Waals surface area contributed by atoms with Crippen LogP contribution in [0.1, 0.15) is 19.4 Å². The minimum absolute atomic E-state index is 0.0445. The molecule has 1 aliphatic heterocycles. The third-order valence-corrected chi connectivity index (χ3v) is 3.39. The first kappa shape index (κ1) is 14.1.